The second-order valence-electron chi connectivity index (χ2n) is 3.66. The average Bonchev–Trinajstić information content (AvgIpc) is 2.83. The molecule has 0 aliphatic carbocycles. The molecule has 16 heavy (non-hydrogen) atoms. The Morgan fingerprint density at radius 2 is 2.00 bits per heavy atom. The van der Waals surface area contributed by atoms with Crippen LogP contribution in [-0.4, -0.2) is 23.1 Å². The van der Waals surface area contributed by atoms with Crippen LogP contribution in [0.1, 0.15) is 34.1 Å². The van der Waals surface area contributed by atoms with E-state index in [1.54, 1.807) is 0 Å². The summed E-state index contributed by atoms with van der Waals surface area (Å²) in [7, 11) is 2.10. The van der Waals surface area contributed by atoms with Crippen molar-refractivity contribution in [3.8, 4) is 0 Å². The van der Waals surface area contributed by atoms with Gasteiger partial charge in [-0.2, -0.15) is 0 Å². The molecule has 0 spiro atoms. The Kier molecular flexibility index (Phi) is 4.59. The summed E-state index contributed by atoms with van der Waals surface area (Å²) in [6, 6.07) is 0. The van der Waals surface area contributed by atoms with Crippen LogP contribution < -0.4 is 15.6 Å². The molecule has 1 aliphatic heterocycles. The molecular weight excluding hydrogens is 198 g/mol. The monoisotopic (exact) mass is 221 g/mol. The zero-order valence-corrected chi connectivity index (χ0v) is 11.1. The molecule has 1 aromatic rings. The second-order valence-corrected chi connectivity index (χ2v) is 3.66. The topological polar surface area (TPSA) is 21.1 Å². The van der Waals surface area contributed by atoms with Crippen molar-refractivity contribution in [1.29, 1.82) is 0 Å². The third-order valence-electron chi connectivity index (χ3n) is 2.69. The molecule has 0 aromatic carbocycles. The summed E-state index contributed by atoms with van der Waals surface area (Å²) in [5.74, 6) is 1.11. The van der Waals surface area contributed by atoms with Gasteiger partial charge in [-0.3, -0.25) is 0 Å². The van der Waals surface area contributed by atoms with Gasteiger partial charge >= 0.3 is 0 Å². The van der Waals surface area contributed by atoms with Crippen LogP contribution in [0.25, 0.3) is 12.2 Å². The predicted octanol–water partition coefficient (Wildman–Crippen LogP) is 1.35. The number of fused-ring (bicyclic) bond motifs is 1. The first-order chi connectivity index (χ1) is 7.77. The van der Waals surface area contributed by atoms with E-state index in [1.165, 1.54) is 5.35 Å². The fraction of sp³-hybridized carbons (Fsp3) is 0.615. The van der Waals surface area contributed by atoms with Gasteiger partial charge in [-0.25, -0.2) is 4.98 Å². The van der Waals surface area contributed by atoms with Crippen LogP contribution in [0.15, 0.2) is 0 Å². The lowest BCUT2D eigenvalue weighted by atomic mass is 10.4. The zero-order chi connectivity index (χ0) is 12.1. The zero-order valence-electron chi connectivity index (χ0n) is 11.1. The Morgan fingerprint density at radius 1 is 1.31 bits per heavy atom. The molecule has 0 N–H and O–H groups in total. The number of imidazole rings is 1. The van der Waals surface area contributed by atoms with Crippen LogP contribution in [-0.2, 0) is 6.54 Å². The third kappa shape index (κ3) is 2.13. The van der Waals surface area contributed by atoms with Crippen LogP contribution in [0.3, 0.4) is 0 Å². The van der Waals surface area contributed by atoms with Gasteiger partial charge in [0, 0.05) is 20.1 Å². The maximum atomic E-state index is 4.63. The summed E-state index contributed by atoms with van der Waals surface area (Å²) in [5.41, 5.74) is 0. The molecule has 0 fully saturated rings. The highest BCUT2D eigenvalue weighted by Gasteiger charge is 2.17. The van der Waals surface area contributed by atoms with Gasteiger partial charge in [0.05, 0.1) is 10.7 Å². The molecule has 0 radical (unpaired) electrons. The fourth-order valence-corrected chi connectivity index (χ4v) is 1.98. The van der Waals surface area contributed by atoms with Crippen LogP contribution in [0.4, 0.5) is 5.95 Å². The molecule has 0 saturated heterocycles. The minimum Gasteiger partial charge on any atom is -0.343 e. The quantitative estimate of drug-likeness (QED) is 0.714. The normalized spacial score (nSPS) is 16.2. The predicted molar refractivity (Wildman–Crippen MR) is 71.0 cm³/mol. The average molecular weight is 221 g/mol. The molecular formula is C13H23N3. The molecule has 1 aliphatic rings. The van der Waals surface area contributed by atoms with Gasteiger partial charge < -0.3 is 9.47 Å². The highest BCUT2D eigenvalue weighted by Crippen LogP contribution is 2.11. The Labute approximate surface area is 98.1 Å². The van der Waals surface area contributed by atoms with E-state index in [9.17, 15) is 0 Å². The first kappa shape index (κ1) is 12.8. The van der Waals surface area contributed by atoms with E-state index in [0.717, 1.165) is 30.8 Å². The van der Waals surface area contributed by atoms with Crippen molar-refractivity contribution in [3.63, 3.8) is 0 Å². The highest BCUT2D eigenvalue weighted by molar-refractivity contribution is 5.39. The summed E-state index contributed by atoms with van der Waals surface area (Å²) >= 11 is 0. The van der Waals surface area contributed by atoms with Crippen molar-refractivity contribution in [2.75, 3.05) is 18.5 Å². The molecule has 0 saturated carbocycles. The number of aromatic nitrogens is 2. The van der Waals surface area contributed by atoms with Crippen LogP contribution in [0.2, 0.25) is 0 Å². The van der Waals surface area contributed by atoms with Crippen LogP contribution in [0, 0.1) is 0 Å². The fourth-order valence-electron chi connectivity index (χ4n) is 1.98. The van der Waals surface area contributed by atoms with Crippen molar-refractivity contribution in [2.45, 2.75) is 40.7 Å². The minimum absolute atomic E-state index is 1.04. The second kappa shape index (κ2) is 5.73. The molecule has 3 heteroatoms. The Balaban J connectivity index is 0.000000606. The Bertz CT molecular complexity index is 442. The first-order valence-corrected chi connectivity index (χ1v) is 6.22. The molecule has 90 valence electrons. The molecule has 0 atom stereocenters. The van der Waals surface area contributed by atoms with E-state index in [2.05, 4.69) is 47.5 Å². The number of rotatable bonds is 1. The number of nitrogens with zero attached hydrogens (tertiary/aromatic N) is 3. The van der Waals surface area contributed by atoms with Crippen LogP contribution in [0.5, 0.6) is 0 Å². The number of likely N-dealkylation sites (N-methyl/N-ethyl adjacent to an activating group) is 1. The summed E-state index contributed by atoms with van der Waals surface area (Å²) in [4.78, 5) is 6.84. The van der Waals surface area contributed by atoms with Gasteiger partial charge in [0.15, 0.2) is 0 Å². The van der Waals surface area contributed by atoms with Gasteiger partial charge in [-0.1, -0.05) is 32.9 Å². The first-order valence-electron chi connectivity index (χ1n) is 6.22. The lowest BCUT2D eigenvalue weighted by molar-refractivity contribution is 0.771. The van der Waals surface area contributed by atoms with Crippen molar-refractivity contribution in [1.82, 2.24) is 9.55 Å². The molecule has 2 rings (SSSR count). The molecule has 1 aromatic heterocycles. The Morgan fingerprint density at radius 3 is 2.56 bits per heavy atom. The van der Waals surface area contributed by atoms with Gasteiger partial charge in [0.2, 0.25) is 5.95 Å². The van der Waals surface area contributed by atoms with Gasteiger partial charge in [0.25, 0.3) is 0 Å². The number of anilines is 1. The number of hydrogen-bond donors (Lipinski definition) is 0. The van der Waals surface area contributed by atoms with Crippen molar-refractivity contribution < 1.29 is 0 Å². The van der Waals surface area contributed by atoms with E-state index in [0.29, 0.717) is 0 Å². The van der Waals surface area contributed by atoms with Crippen molar-refractivity contribution in [3.05, 3.63) is 10.7 Å². The van der Waals surface area contributed by atoms with E-state index in [1.807, 2.05) is 13.8 Å². The van der Waals surface area contributed by atoms with Crippen molar-refractivity contribution >= 4 is 18.1 Å². The summed E-state index contributed by atoms with van der Waals surface area (Å²) < 4.78 is 2.29. The summed E-state index contributed by atoms with van der Waals surface area (Å²) in [6.07, 6.45) is 5.38. The summed E-state index contributed by atoms with van der Waals surface area (Å²) in [5, 5.41) is 2.41. The molecule has 0 bridgehead atoms. The van der Waals surface area contributed by atoms with E-state index < -0.39 is 0 Å². The summed E-state index contributed by atoms with van der Waals surface area (Å²) in [6.45, 7) is 10.4. The van der Waals surface area contributed by atoms with Crippen molar-refractivity contribution in [2.24, 2.45) is 0 Å². The van der Waals surface area contributed by atoms with E-state index in [-0.39, 0.29) is 0 Å². The van der Waals surface area contributed by atoms with Gasteiger partial charge in [-0.15, -0.1) is 0 Å². The number of hydrogen-bond acceptors (Lipinski definition) is 2. The lowest BCUT2D eigenvalue weighted by Gasteiger charge is -2.04. The van der Waals surface area contributed by atoms with E-state index in [4.69, 9.17) is 0 Å². The third-order valence-corrected chi connectivity index (χ3v) is 2.69. The lowest BCUT2D eigenvalue weighted by Crippen LogP contribution is -2.30. The molecule has 0 amide bonds. The molecule has 0 unspecified atom stereocenters. The Hall–Kier alpha value is -1.25. The highest BCUT2D eigenvalue weighted by atomic mass is 15.3. The van der Waals surface area contributed by atoms with Gasteiger partial charge in [-0.05, 0) is 13.3 Å². The minimum atomic E-state index is 1.04. The largest absolute Gasteiger partial charge is 0.343 e. The standard InChI is InChI=1S/C11H17N3.C2H6/c1-4-6-9-10(5-2)14-8-7-13(3)11(14)12-9;1-2/h5-6H,4,7-8H2,1-3H3;1-2H3/b9-6+,10-5+;. The van der Waals surface area contributed by atoms with E-state index >= 15 is 0 Å². The molecule has 2 heterocycles. The smallest absolute Gasteiger partial charge is 0.206 e. The SMILES string of the molecule is C/C=c1\c(=C/CC)nc2n1CCN2C.CC. The van der Waals surface area contributed by atoms with Crippen LogP contribution >= 0.6 is 0 Å². The molecule has 3 nitrogen and oxygen atoms in total. The maximum Gasteiger partial charge on any atom is 0.206 e. The van der Waals surface area contributed by atoms with Gasteiger partial charge in [0.1, 0.15) is 0 Å². The maximum absolute atomic E-state index is 4.63.